The van der Waals surface area contributed by atoms with Gasteiger partial charge in [-0.1, -0.05) is 18.7 Å². The Balaban J connectivity index is 1.45. The van der Waals surface area contributed by atoms with Crippen molar-refractivity contribution in [2.24, 2.45) is 11.8 Å². The fourth-order valence-corrected chi connectivity index (χ4v) is 5.43. The summed E-state index contributed by atoms with van der Waals surface area (Å²) >= 11 is 0. The van der Waals surface area contributed by atoms with E-state index in [9.17, 15) is 18.0 Å². The average molecular weight is 459 g/mol. The third-order valence-corrected chi connectivity index (χ3v) is 7.35. The minimum absolute atomic E-state index is 0.127. The Hall–Kier alpha value is -2.67. The van der Waals surface area contributed by atoms with Crippen LogP contribution in [0.3, 0.4) is 0 Å². The predicted octanol–water partition coefficient (Wildman–Crippen LogP) is 5.94. The number of hydrogen-bond acceptors (Lipinski definition) is 4. The second kappa shape index (κ2) is 8.93. The number of fused-ring (bicyclic) bond motifs is 2. The largest absolute Gasteiger partial charge is 0.489 e. The molecule has 1 aromatic heterocycles. The molecule has 0 amide bonds. The summed E-state index contributed by atoms with van der Waals surface area (Å²) in [4.78, 5) is 19.3. The molecule has 7 heteroatoms. The first-order chi connectivity index (χ1) is 15.6. The fourth-order valence-electron chi connectivity index (χ4n) is 5.43. The highest BCUT2D eigenvalue weighted by atomic mass is 19.4. The van der Waals surface area contributed by atoms with Gasteiger partial charge in [0.25, 0.3) is 0 Å². The van der Waals surface area contributed by atoms with Crippen LogP contribution in [0.4, 0.5) is 13.2 Å². The number of alkyl halides is 3. The van der Waals surface area contributed by atoms with Gasteiger partial charge in [0.2, 0.25) is 0 Å². The fraction of sp³-hybridized carbons (Fsp3) is 0.462. The number of halogens is 3. The lowest BCUT2D eigenvalue weighted by Crippen LogP contribution is -2.39. The number of aromatic nitrogens is 1. The van der Waals surface area contributed by atoms with Crippen molar-refractivity contribution >= 4 is 5.78 Å². The van der Waals surface area contributed by atoms with Gasteiger partial charge in [-0.2, -0.15) is 13.2 Å². The topological polar surface area (TPSA) is 42.4 Å². The zero-order valence-corrected chi connectivity index (χ0v) is 19.2. The van der Waals surface area contributed by atoms with Gasteiger partial charge in [0.05, 0.1) is 5.56 Å². The van der Waals surface area contributed by atoms with Gasteiger partial charge >= 0.3 is 6.18 Å². The van der Waals surface area contributed by atoms with E-state index in [1.165, 1.54) is 17.2 Å². The van der Waals surface area contributed by atoms with E-state index in [4.69, 9.17) is 4.74 Å². The van der Waals surface area contributed by atoms with Crippen LogP contribution in [0.2, 0.25) is 0 Å². The van der Waals surface area contributed by atoms with Crippen LogP contribution < -0.4 is 4.74 Å². The normalized spacial score (nSPS) is 23.5. The number of carbonyl (C=O) groups excluding carboxylic acids is 1. The van der Waals surface area contributed by atoms with Crippen LogP contribution in [0.5, 0.6) is 5.75 Å². The maximum atomic E-state index is 13.0. The number of pyridine rings is 1. The smallest absolute Gasteiger partial charge is 0.417 e. The number of likely N-dealkylation sites (tertiary alicyclic amines) is 1. The van der Waals surface area contributed by atoms with E-state index in [0.29, 0.717) is 6.61 Å². The summed E-state index contributed by atoms with van der Waals surface area (Å²) in [6.45, 7) is 11.3. The van der Waals surface area contributed by atoms with Crippen LogP contribution in [-0.2, 0) is 6.18 Å². The SMILES string of the molecule is C=CCOc1ccc([C@H](C)N2C[C@H]3C[C@@H]2CC3C(=O)c2ccc(C(F)(F)F)cn2)c(C)c1C. The number of carbonyl (C=O) groups is 1. The first-order valence-electron chi connectivity index (χ1n) is 11.3. The third kappa shape index (κ3) is 4.43. The lowest BCUT2D eigenvalue weighted by Gasteiger charge is -2.36. The molecule has 0 N–H and O–H groups in total. The zero-order chi connectivity index (χ0) is 23.9. The molecule has 176 valence electrons. The van der Waals surface area contributed by atoms with Gasteiger partial charge in [0.1, 0.15) is 18.1 Å². The molecule has 2 bridgehead atoms. The summed E-state index contributed by atoms with van der Waals surface area (Å²) in [7, 11) is 0. The van der Waals surface area contributed by atoms with E-state index in [0.717, 1.165) is 43.0 Å². The van der Waals surface area contributed by atoms with Crippen LogP contribution in [0.25, 0.3) is 0 Å². The Kier molecular flexibility index (Phi) is 6.36. The molecule has 1 aliphatic heterocycles. The number of piperidine rings is 1. The Morgan fingerprint density at radius 3 is 2.58 bits per heavy atom. The summed E-state index contributed by atoms with van der Waals surface area (Å²) in [5, 5.41) is 0. The number of hydrogen-bond donors (Lipinski definition) is 0. The van der Waals surface area contributed by atoms with Crippen molar-refractivity contribution < 1.29 is 22.7 Å². The molecule has 33 heavy (non-hydrogen) atoms. The van der Waals surface area contributed by atoms with E-state index < -0.39 is 11.7 Å². The van der Waals surface area contributed by atoms with Crippen LogP contribution in [-0.4, -0.2) is 34.9 Å². The van der Waals surface area contributed by atoms with E-state index >= 15 is 0 Å². The highest BCUT2D eigenvalue weighted by Crippen LogP contribution is 2.47. The van der Waals surface area contributed by atoms with Gasteiger partial charge < -0.3 is 4.74 Å². The highest BCUT2D eigenvalue weighted by Gasteiger charge is 2.49. The van der Waals surface area contributed by atoms with Crippen molar-refractivity contribution in [2.75, 3.05) is 13.2 Å². The Morgan fingerprint density at radius 1 is 1.24 bits per heavy atom. The lowest BCUT2D eigenvalue weighted by molar-refractivity contribution is -0.137. The van der Waals surface area contributed by atoms with Crippen molar-refractivity contribution in [3.63, 3.8) is 0 Å². The molecule has 4 atom stereocenters. The summed E-state index contributed by atoms with van der Waals surface area (Å²) < 4.78 is 44.1. The van der Waals surface area contributed by atoms with E-state index in [-0.39, 0.29) is 35.4 Å². The minimum atomic E-state index is -4.45. The molecule has 2 aromatic rings. The molecule has 2 fully saturated rings. The van der Waals surface area contributed by atoms with E-state index in [2.05, 4.69) is 43.3 Å². The van der Waals surface area contributed by atoms with Gasteiger partial charge in [0.15, 0.2) is 5.78 Å². The molecular weight excluding hydrogens is 429 g/mol. The van der Waals surface area contributed by atoms with Crippen molar-refractivity contribution in [1.82, 2.24) is 9.88 Å². The van der Waals surface area contributed by atoms with E-state index in [1.807, 2.05) is 6.07 Å². The number of Topliss-reactive ketones (excluding diaryl/α,β-unsaturated/α-hetero) is 1. The predicted molar refractivity (Wildman–Crippen MR) is 120 cm³/mol. The second-order valence-corrected chi connectivity index (χ2v) is 9.16. The maximum absolute atomic E-state index is 13.0. The molecule has 1 saturated heterocycles. The first kappa shape index (κ1) is 23.5. The molecule has 2 heterocycles. The Labute approximate surface area is 192 Å². The molecule has 4 rings (SSSR count). The summed E-state index contributed by atoms with van der Waals surface area (Å²) in [6.07, 6.45) is -0.328. The third-order valence-electron chi connectivity index (χ3n) is 7.35. The summed E-state index contributed by atoms with van der Waals surface area (Å²) in [5.41, 5.74) is 2.86. The van der Waals surface area contributed by atoms with Crippen LogP contribution in [0.15, 0.2) is 43.1 Å². The van der Waals surface area contributed by atoms with Gasteiger partial charge in [0, 0.05) is 30.7 Å². The number of ether oxygens (including phenoxy) is 1. The number of rotatable bonds is 7. The number of ketones is 1. The van der Waals surface area contributed by atoms with Crippen LogP contribution in [0, 0.1) is 25.7 Å². The number of nitrogens with zero attached hydrogens (tertiary/aromatic N) is 2. The average Bonchev–Trinajstić information content (AvgIpc) is 3.40. The molecule has 1 saturated carbocycles. The quantitative estimate of drug-likeness (QED) is 0.381. The Bertz CT molecular complexity index is 1050. The first-order valence-corrected chi connectivity index (χ1v) is 11.3. The van der Waals surface area contributed by atoms with Gasteiger partial charge in [-0.25, -0.2) is 0 Å². The van der Waals surface area contributed by atoms with Gasteiger partial charge in [-0.15, -0.1) is 0 Å². The number of benzene rings is 1. The van der Waals surface area contributed by atoms with Crippen molar-refractivity contribution in [3.8, 4) is 5.75 Å². The van der Waals surface area contributed by atoms with E-state index in [1.54, 1.807) is 6.08 Å². The second-order valence-electron chi connectivity index (χ2n) is 9.16. The summed E-state index contributed by atoms with van der Waals surface area (Å²) in [5.74, 6) is 0.742. The maximum Gasteiger partial charge on any atom is 0.417 e. The van der Waals surface area contributed by atoms with Crippen LogP contribution >= 0.6 is 0 Å². The van der Waals surface area contributed by atoms with Crippen molar-refractivity contribution in [2.45, 2.75) is 51.9 Å². The highest BCUT2D eigenvalue weighted by molar-refractivity contribution is 5.96. The molecular formula is C26H29F3N2O2. The summed E-state index contributed by atoms with van der Waals surface area (Å²) in [6, 6.07) is 6.76. The molecule has 1 unspecified atom stereocenters. The lowest BCUT2D eigenvalue weighted by atomic mass is 9.87. The zero-order valence-electron chi connectivity index (χ0n) is 19.2. The molecule has 4 nitrogen and oxygen atoms in total. The molecule has 2 aliphatic rings. The molecule has 1 aliphatic carbocycles. The Morgan fingerprint density at radius 2 is 2.00 bits per heavy atom. The van der Waals surface area contributed by atoms with Crippen molar-refractivity contribution in [1.29, 1.82) is 0 Å². The molecule has 1 aromatic carbocycles. The van der Waals surface area contributed by atoms with Gasteiger partial charge in [-0.3, -0.25) is 14.7 Å². The monoisotopic (exact) mass is 458 g/mol. The van der Waals surface area contributed by atoms with Crippen molar-refractivity contribution in [3.05, 3.63) is 71.1 Å². The van der Waals surface area contributed by atoms with Gasteiger partial charge in [-0.05, 0) is 74.4 Å². The minimum Gasteiger partial charge on any atom is -0.489 e. The molecule has 0 spiro atoms. The van der Waals surface area contributed by atoms with Crippen LogP contribution in [0.1, 0.15) is 58.5 Å². The standard InChI is InChI=1S/C26H29F3N2O2/c1-5-10-33-24-9-7-21(15(2)16(24)3)17(4)31-14-18-11-20(31)12-22(18)25(32)23-8-6-19(13-30-23)26(27,28)29/h5-9,13,17-18,20,22H,1,10-12,14H2,2-4H3/t17-,18+,20+,22?/m0/s1. The molecule has 0 radical (unpaired) electrons.